The highest BCUT2D eigenvalue weighted by Crippen LogP contribution is 2.26. The van der Waals surface area contributed by atoms with E-state index in [1.165, 1.54) is 0 Å². The summed E-state index contributed by atoms with van der Waals surface area (Å²) in [7, 11) is 2.15. The maximum Gasteiger partial charge on any atom is 0.127 e. The normalized spacial score (nSPS) is 18.8. The quantitative estimate of drug-likeness (QED) is 0.810. The molecular formula is C16H25FN2. The predicted octanol–water partition coefficient (Wildman–Crippen LogP) is 2.87. The van der Waals surface area contributed by atoms with E-state index in [-0.39, 0.29) is 11.2 Å². The average molecular weight is 264 g/mol. The number of hydrogen-bond acceptors (Lipinski definition) is 2. The van der Waals surface area contributed by atoms with Gasteiger partial charge in [0.25, 0.3) is 0 Å². The number of rotatable bonds is 2. The molecule has 1 heterocycles. The molecule has 0 unspecified atom stereocenters. The van der Waals surface area contributed by atoms with E-state index < -0.39 is 0 Å². The second kappa shape index (κ2) is 5.59. The summed E-state index contributed by atoms with van der Waals surface area (Å²) in [6, 6.07) is 5.72. The zero-order valence-electron chi connectivity index (χ0n) is 12.5. The van der Waals surface area contributed by atoms with Gasteiger partial charge in [0.2, 0.25) is 0 Å². The first kappa shape index (κ1) is 14.5. The molecule has 0 aromatic heterocycles. The molecule has 1 aliphatic heterocycles. The second-order valence-electron chi connectivity index (χ2n) is 6.64. The van der Waals surface area contributed by atoms with E-state index in [2.05, 4.69) is 22.9 Å². The third-order valence-corrected chi connectivity index (χ3v) is 3.84. The Hall–Kier alpha value is -0.930. The summed E-state index contributed by atoms with van der Waals surface area (Å²) in [5.41, 5.74) is 1.75. The third kappa shape index (κ3) is 3.77. The lowest BCUT2D eigenvalue weighted by Gasteiger charge is -2.32. The van der Waals surface area contributed by atoms with Crippen LogP contribution in [0.4, 0.5) is 4.39 Å². The fourth-order valence-electron chi connectivity index (χ4n) is 2.53. The summed E-state index contributed by atoms with van der Waals surface area (Å²) in [6.45, 7) is 11.3. The molecular weight excluding hydrogens is 239 g/mol. The Morgan fingerprint density at radius 3 is 2.26 bits per heavy atom. The molecule has 1 fully saturated rings. The van der Waals surface area contributed by atoms with E-state index in [0.29, 0.717) is 0 Å². The lowest BCUT2D eigenvalue weighted by molar-refractivity contribution is 0.148. The Balaban J connectivity index is 2.04. The molecule has 1 saturated heterocycles. The monoisotopic (exact) mass is 264 g/mol. The molecule has 2 nitrogen and oxygen atoms in total. The van der Waals surface area contributed by atoms with Gasteiger partial charge < -0.3 is 4.90 Å². The lowest BCUT2D eigenvalue weighted by Crippen LogP contribution is -2.43. The second-order valence-corrected chi connectivity index (χ2v) is 6.64. The number of benzene rings is 1. The fourth-order valence-corrected chi connectivity index (χ4v) is 2.53. The molecule has 0 aliphatic carbocycles. The summed E-state index contributed by atoms with van der Waals surface area (Å²) in [4.78, 5) is 4.73. The van der Waals surface area contributed by atoms with Gasteiger partial charge in [-0.1, -0.05) is 32.9 Å². The fraction of sp³-hybridized carbons (Fsp3) is 0.625. The molecule has 0 bridgehead atoms. The van der Waals surface area contributed by atoms with Crippen molar-refractivity contribution in [2.75, 3.05) is 33.2 Å². The zero-order chi connectivity index (χ0) is 14.0. The first-order valence-electron chi connectivity index (χ1n) is 7.06. The average Bonchev–Trinajstić information content (AvgIpc) is 2.30. The van der Waals surface area contributed by atoms with Crippen LogP contribution < -0.4 is 0 Å². The topological polar surface area (TPSA) is 6.48 Å². The van der Waals surface area contributed by atoms with Gasteiger partial charge in [0.15, 0.2) is 0 Å². The molecule has 0 atom stereocenters. The van der Waals surface area contributed by atoms with Crippen LogP contribution in [0.2, 0.25) is 0 Å². The largest absolute Gasteiger partial charge is 0.304 e. The van der Waals surface area contributed by atoms with Crippen molar-refractivity contribution in [1.82, 2.24) is 9.80 Å². The molecule has 1 aromatic carbocycles. The van der Waals surface area contributed by atoms with Crippen molar-refractivity contribution in [1.29, 1.82) is 0 Å². The van der Waals surface area contributed by atoms with Crippen LogP contribution in [0.5, 0.6) is 0 Å². The van der Waals surface area contributed by atoms with Crippen molar-refractivity contribution < 1.29 is 4.39 Å². The SMILES string of the molecule is CN1CCN(Cc2ccc(C(C)(C)C)c(F)c2)CC1. The van der Waals surface area contributed by atoms with Gasteiger partial charge in [0, 0.05) is 32.7 Å². The lowest BCUT2D eigenvalue weighted by atomic mass is 9.86. The highest BCUT2D eigenvalue weighted by atomic mass is 19.1. The molecule has 106 valence electrons. The van der Waals surface area contributed by atoms with Crippen LogP contribution in [0.25, 0.3) is 0 Å². The first-order chi connectivity index (χ1) is 8.86. The Morgan fingerprint density at radius 1 is 1.11 bits per heavy atom. The summed E-state index contributed by atoms with van der Waals surface area (Å²) in [6.07, 6.45) is 0. The number of piperazine rings is 1. The molecule has 0 saturated carbocycles. The third-order valence-electron chi connectivity index (χ3n) is 3.84. The summed E-state index contributed by atoms with van der Waals surface area (Å²) >= 11 is 0. The number of hydrogen-bond donors (Lipinski definition) is 0. The van der Waals surface area contributed by atoms with Gasteiger partial charge in [-0.05, 0) is 29.7 Å². The van der Waals surface area contributed by atoms with Crippen molar-refractivity contribution in [2.24, 2.45) is 0 Å². The number of halogens is 1. The number of nitrogens with zero attached hydrogens (tertiary/aromatic N) is 2. The van der Waals surface area contributed by atoms with Gasteiger partial charge in [-0.2, -0.15) is 0 Å². The van der Waals surface area contributed by atoms with Crippen LogP contribution in [0, 0.1) is 5.82 Å². The standard InChI is InChI=1S/C16H25FN2/c1-16(2,3)14-6-5-13(11-15(14)17)12-19-9-7-18(4)8-10-19/h5-6,11H,7-10,12H2,1-4H3. The maximum absolute atomic E-state index is 14.1. The highest BCUT2D eigenvalue weighted by molar-refractivity contribution is 5.29. The van der Waals surface area contributed by atoms with Crippen LogP contribution in [0.15, 0.2) is 18.2 Å². The minimum atomic E-state index is -0.129. The Labute approximate surface area is 116 Å². The molecule has 0 spiro atoms. The summed E-state index contributed by atoms with van der Waals surface area (Å²) in [5.74, 6) is -0.0703. The van der Waals surface area contributed by atoms with Crippen LogP contribution in [0.1, 0.15) is 31.9 Å². The summed E-state index contributed by atoms with van der Waals surface area (Å²) in [5, 5.41) is 0. The van der Waals surface area contributed by atoms with Crippen molar-refractivity contribution in [3.05, 3.63) is 35.1 Å². The Kier molecular flexibility index (Phi) is 4.26. The predicted molar refractivity (Wildman–Crippen MR) is 77.9 cm³/mol. The van der Waals surface area contributed by atoms with E-state index in [1.807, 2.05) is 26.8 Å². The van der Waals surface area contributed by atoms with Gasteiger partial charge in [-0.15, -0.1) is 0 Å². The van der Waals surface area contributed by atoms with Crippen molar-refractivity contribution in [2.45, 2.75) is 32.7 Å². The van der Waals surface area contributed by atoms with Crippen LogP contribution in [0.3, 0.4) is 0 Å². The molecule has 2 rings (SSSR count). The van der Waals surface area contributed by atoms with Gasteiger partial charge in [0.05, 0.1) is 0 Å². The van der Waals surface area contributed by atoms with E-state index in [9.17, 15) is 4.39 Å². The Morgan fingerprint density at radius 2 is 1.74 bits per heavy atom. The molecule has 0 amide bonds. The Bertz CT molecular complexity index is 429. The van der Waals surface area contributed by atoms with Crippen molar-refractivity contribution >= 4 is 0 Å². The van der Waals surface area contributed by atoms with Crippen molar-refractivity contribution in [3.63, 3.8) is 0 Å². The molecule has 0 N–H and O–H groups in total. The van der Waals surface area contributed by atoms with E-state index in [1.54, 1.807) is 6.07 Å². The highest BCUT2D eigenvalue weighted by Gasteiger charge is 2.19. The van der Waals surface area contributed by atoms with E-state index in [0.717, 1.165) is 43.9 Å². The molecule has 19 heavy (non-hydrogen) atoms. The van der Waals surface area contributed by atoms with Crippen molar-refractivity contribution in [3.8, 4) is 0 Å². The van der Waals surface area contributed by atoms with Gasteiger partial charge in [-0.3, -0.25) is 4.90 Å². The molecule has 1 aliphatic rings. The van der Waals surface area contributed by atoms with E-state index in [4.69, 9.17) is 0 Å². The van der Waals surface area contributed by atoms with Crippen LogP contribution >= 0.6 is 0 Å². The van der Waals surface area contributed by atoms with Crippen LogP contribution in [-0.2, 0) is 12.0 Å². The minimum absolute atomic E-state index is 0.0703. The zero-order valence-corrected chi connectivity index (χ0v) is 12.5. The summed E-state index contributed by atoms with van der Waals surface area (Å²) < 4.78 is 14.1. The number of likely N-dealkylation sites (N-methyl/N-ethyl adjacent to an activating group) is 1. The molecule has 3 heteroatoms. The van der Waals surface area contributed by atoms with E-state index >= 15 is 0 Å². The first-order valence-corrected chi connectivity index (χ1v) is 7.06. The van der Waals surface area contributed by atoms with Crippen LogP contribution in [-0.4, -0.2) is 43.0 Å². The maximum atomic E-state index is 14.1. The van der Waals surface area contributed by atoms with Gasteiger partial charge in [0.1, 0.15) is 5.82 Å². The smallest absolute Gasteiger partial charge is 0.127 e. The minimum Gasteiger partial charge on any atom is -0.304 e. The molecule has 0 radical (unpaired) electrons. The van der Waals surface area contributed by atoms with Gasteiger partial charge >= 0.3 is 0 Å². The molecule has 1 aromatic rings. The van der Waals surface area contributed by atoms with Gasteiger partial charge in [-0.25, -0.2) is 4.39 Å².